The lowest BCUT2D eigenvalue weighted by Crippen LogP contribution is -2.60. The van der Waals surface area contributed by atoms with Gasteiger partial charge in [-0.2, -0.15) is 0 Å². The van der Waals surface area contributed by atoms with Crippen molar-refractivity contribution < 1.29 is 14.3 Å². The molecule has 0 spiro atoms. The van der Waals surface area contributed by atoms with Crippen LogP contribution in [0, 0.1) is 17.8 Å². The summed E-state index contributed by atoms with van der Waals surface area (Å²) in [5.74, 6) is 2.78. The molecule has 2 aromatic rings. The van der Waals surface area contributed by atoms with Crippen molar-refractivity contribution in [2.75, 3.05) is 38.6 Å². The molecule has 8 heteroatoms. The molecule has 1 aromatic carbocycles. The number of carbonyl (C=O) groups excluding carboxylic acids is 2. The Hall–Kier alpha value is -1.87. The Bertz CT molecular complexity index is 1060. The lowest BCUT2D eigenvalue weighted by Gasteiger charge is -2.56. The number of hydrogen-bond acceptors (Lipinski definition) is 6. The topological polar surface area (TPSA) is 70.7 Å². The molecule has 5 aliphatic rings. The first kappa shape index (κ1) is 25.4. The van der Waals surface area contributed by atoms with Gasteiger partial charge < -0.3 is 15.4 Å². The van der Waals surface area contributed by atoms with E-state index in [1.165, 1.54) is 35.9 Å². The molecule has 5 fully saturated rings. The smallest absolute Gasteiger partial charge is 0.252 e. The van der Waals surface area contributed by atoms with Crippen LogP contribution in [-0.4, -0.2) is 60.9 Å². The summed E-state index contributed by atoms with van der Waals surface area (Å²) in [6, 6.07) is 12.0. The first-order valence-corrected chi connectivity index (χ1v) is 15.6. The minimum absolute atomic E-state index is 0.0274. The number of nitrogens with one attached hydrogen (secondary N) is 2. The van der Waals surface area contributed by atoms with Gasteiger partial charge in [-0.05, 0) is 79.9 Å². The van der Waals surface area contributed by atoms with Gasteiger partial charge in [0.2, 0.25) is 5.91 Å². The maximum atomic E-state index is 13.3. The maximum absolute atomic E-state index is 13.3. The molecule has 1 unspecified atom stereocenters. The Morgan fingerprint density at radius 3 is 2.41 bits per heavy atom. The Labute approximate surface area is 227 Å². The third-order valence-corrected chi connectivity index (χ3v) is 10.8. The van der Waals surface area contributed by atoms with Crippen molar-refractivity contribution in [3.63, 3.8) is 0 Å². The van der Waals surface area contributed by atoms with Crippen molar-refractivity contribution in [3.05, 3.63) is 52.2 Å². The average molecular weight is 540 g/mol. The molecule has 0 radical (unpaired) electrons. The van der Waals surface area contributed by atoms with Gasteiger partial charge in [-0.25, -0.2) is 0 Å². The molecule has 4 saturated carbocycles. The van der Waals surface area contributed by atoms with Gasteiger partial charge >= 0.3 is 0 Å². The lowest BCUT2D eigenvalue weighted by molar-refractivity contribution is -0.124. The van der Waals surface area contributed by atoms with E-state index in [1.54, 1.807) is 11.3 Å². The molecule has 1 aromatic heterocycles. The van der Waals surface area contributed by atoms with Crippen LogP contribution >= 0.6 is 23.1 Å². The number of amides is 2. The number of thioether (sulfide) groups is 1. The molecule has 198 valence electrons. The van der Waals surface area contributed by atoms with Crippen LogP contribution in [0.2, 0.25) is 0 Å². The lowest BCUT2D eigenvalue weighted by atomic mass is 9.53. The number of rotatable bonds is 9. The fraction of sp³-hybridized carbons (Fsp3) is 0.586. The molecular formula is C29H37N3O3S2. The van der Waals surface area contributed by atoms with Crippen molar-refractivity contribution in [1.29, 1.82) is 0 Å². The van der Waals surface area contributed by atoms with Crippen LogP contribution in [0.1, 0.15) is 59.8 Å². The van der Waals surface area contributed by atoms with Crippen molar-refractivity contribution >= 4 is 34.9 Å². The summed E-state index contributed by atoms with van der Waals surface area (Å²) in [5.41, 5.74) is 0.668. The quantitative estimate of drug-likeness (QED) is 0.451. The van der Waals surface area contributed by atoms with E-state index >= 15 is 0 Å². The van der Waals surface area contributed by atoms with E-state index in [0.29, 0.717) is 17.9 Å². The minimum Gasteiger partial charge on any atom is -0.379 e. The second-order valence-electron chi connectivity index (χ2n) is 11.4. The number of hydrogen-bond donors (Lipinski definition) is 2. The van der Waals surface area contributed by atoms with Gasteiger partial charge in [0, 0.05) is 34.9 Å². The summed E-state index contributed by atoms with van der Waals surface area (Å²) >= 11 is 3.20. The first-order valence-electron chi connectivity index (χ1n) is 13.7. The molecule has 1 saturated heterocycles. The van der Waals surface area contributed by atoms with Gasteiger partial charge in [-0.15, -0.1) is 23.1 Å². The van der Waals surface area contributed by atoms with Gasteiger partial charge in [-0.1, -0.05) is 18.2 Å². The summed E-state index contributed by atoms with van der Waals surface area (Å²) in [7, 11) is 0. The Morgan fingerprint density at radius 1 is 1.03 bits per heavy atom. The SMILES string of the molecule is O=C(CSc1ccccc1C(=O)NCC(c1cccs1)N1CCOCC1)NC12CC3CC(CC(C3)C1)C2. The zero-order valence-corrected chi connectivity index (χ0v) is 23.0. The molecule has 1 aliphatic heterocycles. The highest BCUT2D eigenvalue weighted by Crippen LogP contribution is 2.55. The molecule has 2 heterocycles. The monoisotopic (exact) mass is 539 g/mol. The Morgan fingerprint density at radius 2 is 1.73 bits per heavy atom. The second kappa shape index (κ2) is 11.1. The highest BCUT2D eigenvalue weighted by Gasteiger charge is 2.51. The van der Waals surface area contributed by atoms with Crippen molar-refractivity contribution in [1.82, 2.24) is 15.5 Å². The number of morpholine rings is 1. The molecule has 2 amide bonds. The summed E-state index contributed by atoms with van der Waals surface area (Å²) in [5, 5.41) is 8.74. The van der Waals surface area contributed by atoms with Crippen LogP contribution in [0.3, 0.4) is 0 Å². The number of carbonyl (C=O) groups is 2. The maximum Gasteiger partial charge on any atom is 0.252 e. The van der Waals surface area contributed by atoms with E-state index in [9.17, 15) is 9.59 Å². The zero-order valence-electron chi connectivity index (χ0n) is 21.3. The average Bonchev–Trinajstić information content (AvgIpc) is 3.42. The van der Waals surface area contributed by atoms with Gasteiger partial charge in [0.1, 0.15) is 0 Å². The molecular weight excluding hydrogens is 502 g/mol. The Kier molecular flexibility index (Phi) is 7.61. The third-order valence-electron chi connectivity index (χ3n) is 8.75. The first-order chi connectivity index (χ1) is 18.1. The van der Waals surface area contributed by atoms with Crippen LogP contribution in [0.4, 0.5) is 0 Å². The van der Waals surface area contributed by atoms with Crippen LogP contribution < -0.4 is 10.6 Å². The van der Waals surface area contributed by atoms with Crippen molar-refractivity contribution in [3.8, 4) is 0 Å². The van der Waals surface area contributed by atoms with Crippen LogP contribution in [0.5, 0.6) is 0 Å². The predicted molar refractivity (Wildman–Crippen MR) is 148 cm³/mol. The molecule has 1 atom stereocenters. The number of nitrogens with zero attached hydrogens (tertiary/aromatic N) is 1. The summed E-state index contributed by atoms with van der Waals surface area (Å²) in [4.78, 5) is 30.9. The summed E-state index contributed by atoms with van der Waals surface area (Å²) < 4.78 is 5.54. The van der Waals surface area contributed by atoms with Gasteiger partial charge in [0.15, 0.2) is 0 Å². The molecule has 4 bridgehead atoms. The van der Waals surface area contributed by atoms with E-state index in [4.69, 9.17) is 4.74 Å². The third kappa shape index (κ3) is 5.77. The minimum atomic E-state index is -0.0839. The van der Waals surface area contributed by atoms with Crippen molar-refractivity contribution in [2.45, 2.75) is 55.0 Å². The number of benzene rings is 1. The zero-order chi connectivity index (χ0) is 25.2. The van der Waals surface area contributed by atoms with Crippen LogP contribution in [0.25, 0.3) is 0 Å². The van der Waals surface area contributed by atoms with Crippen LogP contribution in [0.15, 0.2) is 46.7 Å². The Balaban J connectivity index is 1.06. The fourth-order valence-corrected chi connectivity index (χ4v) is 9.29. The van der Waals surface area contributed by atoms with Gasteiger partial charge in [0.05, 0.1) is 30.6 Å². The van der Waals surface area contributed by atoms with E-state index in [0.717, 1.165) is 68.2 Å². The highest BCUT2D eigenvalue weighted by molar-refractivity contribution is 8.00. The van der Waals surface area contributed by atoms with E-state index in [2.05, 4.69) is 33.0 Å². The number of ether oxygens (including phenoxy) is 1. The van der Waals surface area contributed by atoms with Gasteiger partial charge in [0.25, 0.3) is 5.91 Å². The van der Waals surface area contributed by atoms with E-state index in [1.807, 2.05) is 24.3 Å². The van der Waals surface area contributed by atoms with E-state index < -0.39 is 0 Å². The second-order valence-corrected chi connectivity index (χ2v) is 13.4. The van der Waals surface area contributed by atoms with Gasteiger partial charge in [-0.3, -0.25) is 14.5 Å². The standard InChI is InChI=1S/C29H37N3O3S2/c33-27(31-29-15-20-12-21(16-29)14-22(13-20)17-29)19-37-25-5-2-1-4-23(25)28(34)30-18-24(26-6-3-11-36-26)32-7-9-35-10-8-32/h1-6,11,20-22,24H,7-10,12-19H2,(H,30,34)(H,31,33). The van der Waals surface area contributed by atoms with Crippen molar-refractivity contribution in [2.24, 2.45) is 17.8 Å². The molecule has 4 aliphatic carbocycles. The van der Waals surface area contributed by atoms with Crippen LogP contribution in [-0.2, 0) is 9.53 Å². The summed E-state index contributed by atoms with van der Waals surface area (Å²) in [6.07, 6.45) is 7.57. The van der Waals surface area contributed by atoms with E-state index in [-0.39, 0.29) is 23.4 Å². The highest BCUT2D eigenvalue weighted by atomic mass is 32.2. The number of thiophene rings is 1. The molecule has 7 rings (SSSR count). The molecule has 37 heavy (non-hydrogen) atoms. The normalized spacial score (nSPS) is 29.7. The predicted octanol–water partition coefficient (Wildman–Crippen LogP) is 4.73. The largest absolute Gasteiger partial charge is 0.379 e. The fourth-order valence-electron chi connectivity index (χ4n) is 7.58. The summed E-state index contributed by atoms with van der Waals surface area (Å²) in [6.45, 7) is 3.72. The molecule has 2 N–H and O–H groups in total. The molecule has 6 nitrogen and oxygen atoms in total.